The van der Waals surface area contributed by atoms with Crippen LogP contribution in [0.4, 0.5) is 5.69 Å². The van der Waals surface area contributed by atoms with Crippen molar-refractivity contribution in [2.45, 2.75) is 0 Å². The Bertz CT molecular complexity index is 329. The van der Waals surface area contributed by atoms with Gasteiger partial charge in [0.2, 0.25) is 0 Å². The summed E-state index contributed by atoms with van der Waals surface area (Å²) in [6.07, 6.45) is 0. The first-order chi connectivity index (χ1) is 7.67. The van der Waals surface area contributed by atoms with Crippen LogP contribution in [0.5, 0.6) is 17.2 Å². The average molecular weight is 227 g/mol. The molecule has 0 saturated heterocycles. The standard InChI is InChI=1S/C11H17NO4/c1-12(7-13)11-9(15-3)5-8(14-2)6-10(11)16-4/h5-6,13H,7H2,1-4H3. The molecule has 90 valence electrons. The molecule has 0 aliphatic heterocycles. The fraction of sp³-hybridized carbons (Fsp3) is 0.455. The lowest BCUT2D eigenvalue weighted by molar-refractivity contribution is 0.294. The van der Waals surface area contributed by atoms with Crippen molar-refractivity contribution in [3.8, 4) is 17.2 Å². The van der Waals surface area contributed by atoms with E-state index in [1.54, 1.807) is 45.4 Å². The lowest BCUT2D eigenvalue weighted by Gasteiger charge is -2.22. The third kappa shape index (κ3) is 2.30. The van der Waals surface area contributed by atoms with Gasteiger partial charge in [-0.3, -0.25) is 0 Å². The zero-order chi connectivity index (χ0) is 12.1. The second-order valence-corrected chi connectivity index (χ2v) is 3.22. The molecular formula is C11H17NO4. The van der Waals surface area contributed by atoms with Crippen molar-refractivity contribution in [1.82, 2.24) is 0 Å². The Hall–Kier alpha value is -1.62. The van der Waals surface area contributed by atoms with E-state index in [0.717, 1.165) is 0 Å². The summed E-state index contributed by atoms with van der Waals surface area (Å²) in [5.41, 5.74) is 0.688. The van der Waals surface area contributed by atoms with E-state index in [-0.39, 0.29) is 6.73 Å². The van der Waals surface area contributed by atoms with E-state index in [1.165, 1.54) is 0 Å². The van der Waals surface area contributed by atoms with Crippen LogP contribution in [0.25, 0.3) is 0 Å². The highest BCUT2D eigenvalue weighted by atomic mass is 16.5. The topological polar surface area (TPSA) is 51.2 Å². The minimum Gasteiger partial charge on any atom is -0.496 e. The Labute approximate surface area is 95.2 Å². The molecule has 0 aromatic heterocycles. The number of ether oxygens (including phenoxy) is 3. The predicted octanol–water partition coefficient (Wildman–Crippen LogP) is 1.10. The van der Waals surface area contributed by atoms with Crippen LogP contribution in [0.2, 0.25) is 0 Å². The van der Waals surface area contributed by atoms with E-state index in [0.29, 0.717) is 22.9 Å². The molecule has 0 spiro atoms. The van der Waals surface area contributed by atoms with Gasteiger partial charge in [-0.2, -0.15) is 0 Å². The van der Waals surface area contributed by atoms with Gasteiger partial charge in [-0.15, -0.1) is 0 Å². The van der Waals surface area contributed by atoms with Crippen LogP contribution in [-0.4, -0.2) is 40.2 Å². The number of aliphatic hydroxyl groups is 1. The van der Waals surface area contributed by atoms with Crippen LogP contribution in [-0.2, 0) is 0 Å². The molecule has 0 amide bonds. The van der Waals surface area contributed by atoms with Crippen LogP contribution in [0.3, 0.4) is 0 Å². The van der Waals surface area contributed by atoms with E-state index in [1.807, 2.05) is 0 Å². The van der Waals surface area contributed by atoms with Crippen molar-refractivity contribution < 1.29 is 19.3 Å². The largest absolute Gasteiger partial charge is 0.496 e. The number of aliphatic hydroxyl groups excluding tert-OH is 1. The molecule has 0 radical (unpaired) electrons. The van der Waals surface area contributed by atoms with Gasteiger partial charge in [0.25, 0.3) is 0 Å². The van der Waals surface area contributed by atoms with E-state index in [9.17, 15) is 0 Å². The van der Waals surface area contributed by atoms with Gasteiger partial charge in [0.15, 0.2) is 0 Å². The lowest BCUT2D eigenvalue weighted by atomic mass is 10.2. The van der Waals surface area contributed by atoms with Gasteiger partial charge in [-0.05, 0) is 0 Å². The van der Waals surface area contributed by atoms with Crippen molar-refractivity contribution in [3.05, 3.63) is 12.1 Å². The third-order valence-electron chi connectivity index (χ3n) is 2.28. The molecule has 0 bridgehead atoms. The van der Waals surface area contributed by atoms with Crippen LogP contribution in [0.1, 0.15) is 0 Å². The zero-order valence-corrected chi connectivity index (χ0v) is 9.98. The summed E-state index contributed by atoms with van der Waals surface area (Å²) in [4.78, 5) is 1.62. The van der Waals surface area contributed by atoms with Crippen molar-refractivity contribution in [1.29, 1.82) is 0 Å². The molecule has 0 atom stereocenters. The number of hydrogen-bond donors (Lipinski definition) is 1. The highest BCUT2D eigenvalue weighted by molar-refractivity contribution is 5.69. The van der Waals surface area contributed by atoms with Crippen LogP contribution >= 0.6 is 0 Å². The van der Waals surface area contributed by atoms with Gasteiger partial charge < -0.3 is 24.2 Å². The molecule has 1 N–H and O–H groups in total. The number of benzene rings is 1. The van der Waals surface area contributed by atoms with Crippen molar-refractivity contribution in [2.75, 3.05) is 40.0 Å². The molecule has 1 rings (SSSR count). The molecule has 5 nitrogen and oxygen atoms in total. The number of hydrogen-bond acceptors (Lipinski definition) is 5. The summed E-state index contributed by atoms with van der Waals surface area (Å²) < 4.78 is 15.6. The minimum atomic E-state index is -0.126. The molecule has 16 heavy (non-hydrogen) atoms. The summed E-state index contributed by atoms with van der Waals surface area (Å²) in [6, 6.07) is 3.48. The Morgan fingerprint density at radius 2 is 1.56 bits per heavy atom. The van der Waals surface area contributed by atoms with E-state index < -0.39 is 0 Å². The average Bonchev–Trinajstić information content (AvgIpc) is 2.35. The summed E-state index contributed by atoms with van der Waals surface area (Å²) in [5, 5.41) is 9.14. The highest BCUT2D eigenvalue weighted by Crippen LogP contribution is 2.40. The number of nitrogens with zero attached hydrogens (tertiary/aromatic N) is 1. The predicted molar refractivity (Wildman–Crippen MR) is 61.6 cm³/mol. The minimum absolute atomic E-state index is 0.126. The maximum atomic E-state index is 9.14. The normalized spacial score (nSPS) is 9.81. The Balaban J connectivity index is 3.31. The molecule has 5 heteroatoms. The fourth-order valence-electron chi connectivity index (χ4n) is 1.43. The SMILES string of the molecule is COc1cc(OC)c(N(C)CO)c(OC)c1. The van der Waals surface area contributed by atoms with Crippen LogP contribution in [0.15, 0.2) is 12.1 Å². The number of methoxy groups -OCH3 is 3. The molecule has 0 saturated carbocycles. The second-order valence-electron chi connectivity index (χ2n) is 3.22. The Morgan fingerprint density at radius 1 is 1.06 bits per heavy atom. The smallest absolute Gasteiger partial charge is 0.149 e. The molecule has 1 aromatic carbocycles. The summed E-state index contributed by atoms with van der Waals surface area (Å²) in [6.45, 7) is -0.126. The van der Waals surface area contributed by atoms with Gasteiger partial charge in [-0.1, -0.05) is 0 Å². The fourth-order valence-corrected chi connectivity index (χ4v) is 1.43. The first-order valence-electron chi connectivity index (χ1n) is 4.80. The van der Waals surface area contributed by atoms with Crippen molar-refractivity contribution >= 4 is 5.69 Å². The first-order valence-corrected chi connectivity index (χ1v) is 4.80. The Kier molecular flexibility index (Phi) is 4.25. The quantitative estimate of drug-likeness (QED) is 0.763. The molecular weight excluding hydrogens is 210 g/mol. The van der Waals surface area contributed by atoms with Gasteiger partial charge >= 0.3 is 0 Å². The highest BCUT2D eigenvalue weighted by Gasteiger charge is 2.16. The second kappa shape index (κ2) is 5.46. The van der Waals surface area contributed by atoms with Gasteiger partial charge in [-0.25, -0.2) is 0 Å². The third-order valence-corrected chi connectivity index (χ3v) is 2.28. The monoisotopic (exact) mass is 227 g/mol. The number of rotatable bonds is 5. The molecule has 0 aliphatic rings. The number of anilines is 1. The molecule has 0 fully saturated rings. The Morgan fingerprint density at radius 3 is 1.88 bits per heavy atom. The zero-order valence-electron chi connectivity index (χ0n) is 9.98. The van der Waals surface area contributed by atoms with Crippen LogP contribution < -0.4 is 19.1 Å². The van der Waals surface area contributed by atoms with E-state index in [2.05, 4.69) is 0 Å². The molecule has 0 unspecified atom stereocenters. The van der Waals surface area contributed by atoms with Gasteiger partial charge in [0, 0.05) is 19.2 Å². The summed E-state index contributed by atoms with van der Waals surface area (Å²) >= 11 is 0. The lowest BCUT2D eigenvalue weighted by Crippen LogP contribution is -2.19. The van der Waals surface area contributed by atoms with Crippen molar-refractivity contribution in [2.24, 2.45) is 0 Å². The maximum Gasteiger partial charge on any atom is 0.149 e. The summed E-state index contributed by atoms with van der Waals surface area (Å²) in [5.74, 6) is 1.82. The van der Waals surface area contributed by atoms with E-state index in [4.69, 9.17) is 19.3 Å². The van der Waals surface area contributed by atoms with Gasteiger partial charge in [0.05, 0.1) is 21.3 Å². The maximum absolute atomic E-state index is 9.14. The van der Waals surface area contributed by atoms with Gasteiger partial charge in [0.1, 0.15) is 29.7 Å². The van der Waals surface area contributed by atoms with E-state index >= 15 is 0 Å². The van der Waals surface area contributed by atoms with Crippen molar-refractivity contribution in [3.63, 3.8) is 0 Å². The van der Waals surface area contributed by atoms with Crippen LogP contribution in [0, 0.1) is 0 Å². The molecule has 0 heterocycles. The first kappa shape index (κ1) is 12.4. The molecule has 1 aromatic rings. The molecule has 0 aliphatic carbocycles. The summed E-state index contributed by atoms with van der Waals surface area (Å²) in [7, 11) is 6.43.